The molecule has 32 heavy (non-hydrogen) atoms. The van der Waals surface area contributed by atoms with Crippen LogP contribution in [-0.4, -0.2) is 22.8 Å². The highest BCUT2D eigenvalue weighted by molar-refractivity contribution is 6.30. The lowest BCUT2D eigenvalue weighted by Gasteiger charge is -2.49. The summed E-state index contributed by atoms with van der Waals surface area (Å²) in [6.45, 7) is 0. The van der Waals surface area contributed by atoms with Crippen LogP contribution in [0.15, 0.2) is 78.9 Å². The van der Waals surface area contributed by atoms with Crippen molar-refractivity contribution >= 4 is 28.5 Å². The predicted octanol–water partition coefficient (Wildman–Crippen LogP) is 5.12. The molecule has 0 amide bonds. The molecular weight excluding hydrogens is 422 g/mol. The molecule has 2 atom stereocenters. The summed E-state index contributed by atoms with van der Waals surface area (Å²) in [5, 5.41) is 14.1. The van der Waals surface area contributed by atoms with Crippen molar-refractivity contribution in [2.24, 2.45) is 7.05 Å². The lowest BCUT2D eigenvalue weighted by Crippen LogP contribution is -2.58. The highest BCUT2D eigenvalue weighted by atomic mass is 35.5. The molecular formula is C27H24ClNO3. The number of aliphatic hydroxyl groups is 1. The SMILES string of the molecule is COC(=O)C1(c2ccccc2)c2c(n(C)c3ccccc23)CCC1(O)c1ccc(Cl)cc1. The third kappa shape index (κ3) is 2.63. The number of methoxy groups -OCH3 is 1. The summed E-state index contributed by atoms with van der Waals surface area (Å²) in [6.07, 6.45) is 0.973. The smallest absolute Gasteiger partial charge is 0.324 e. The molecule has 4 nitrogen and oxygen atoms in total. The van der Waals surface area contributed by atoms with Gasteiger partial charge in [0.1, 0.15) is 5.60 Å². The van der Waals surface area contributed by atoms with Crippen LogP contribution < -0.4 is 0 Å². The van der Waals surface area contributed by atoms with Crippen molar-refractivity contribution in [3.63, 3.8) is 0 Å². The Balaban J connectivity index is 1.98. The average molecular weight is 446 g/mol. The molecule has 0 radical (unpaired) electrons. The fraction of sp³-hybridized carbons (Fsp3) is 0.222. The highest BCUT2D eigenvalue weighted by Gasteiger charge is 2.63. The van der Waals surface area contributed by atoms with Crippen molar-refractivity contribution in [3.8, 4) is 0 Å². The zero-order valence-electron chi connectivity index (χ0n) is 18.0. The van der Waals surface area contributed by atoms with Crippen LogP contribution in [0.4, 0.5) is 0 Å². The van der Waals surface area contributed by atoms with Gasteiger partial charge in [0.25, 0.3) is 0 Å². The van der Waals surface area contributed by atoms with Crippen molar-refractivity contribution < 1.29 is 14.6 Å². The normalized spacial score (nSPS) is 22.5. The first kappa shape index (κ1) is 20.8. The summed E-state index contributed by atoms with van der Waals surface area (Å²) in [4.78, 5) is 13.9. The molecule has 1 N–H and O–H groups in total. The van der Waals surface area contributed by atoms with Crippen LogP contribution in [0.5, 0.6) is 0 Å². The molecule has 1 aliphatic rings. The zero-order chi connectivity index (χ0) is 22.5. The maximum Gasteiger partial charge on any atom is 0.324 e. The number of halogens is 1. The molecule has 2 unspecified atom stereocenters. The van der Waals surface area contributed by atoms with Gasteiger partial charge < -0.3 is 14.4 Å². The van der Waals surface area contributed by atoms with Gasteiger partial charge >= 0.3 is 5.97 Å². The van der Waals surface area contributed by atoms with Gasteiger partial charge in [0.15, 0.2) is 5.41 Å². The number of aryl methyl sites for hydroxylation is 1. The van der Waals surface area contributed by atoms with Crippen LogP contribution in [-0.2, 0) is 34.0 Å². The van der Waals surface area contributed by atoms with Crippen LogP contribution in [0.25, 0.3) is 10.9 Å². The van der Waals surface area contributed by atoms with Gasteiger partial charge in [-0.1, -0.05) is 72.3 Å². The van der Waals surface area contributed by atoms with Gasteiger partial charge in [0, 0.05) is 34.2 Å². The Morgan fingerprint density at radius 3 is 2.31 bits per heavy atom. The molecule has 5 rings (SSSR count). The van der Waals surface area contributed by atoms with Crippen LogP contribution in [0.2, 0.25) is 5.02 Å². The van der Waals surface area contributed by atoms with Gasteiger partial charge in [0.2, 0.25) is 0 Å². The molecule has 1 aliphatic carbocycles. The number of fused-ring (bicyclic) bond motifs is 3. The lowest BCUT2D eigenvalue weighted by molar-refractivity contribution is -0.160. The Labute approximate surface area is 192 Å². The van der Waals surface area contributed by atoms with Gasteiger partial charge in [-0.15, -0.1) is 0 Å². The third-order valence-corrected chi connectivity index (χ3v) is 7.22. The largest absolute Gasteiger partial charge is 0.468 e. The monoisotopic (exact) mass is 445 g/mol. The second-order valence-corrected chi connectivity index (χ2v) is 8.81. The first-order valence-corrected chi connectivity index (χ1v) is 11.0. The van der Waals surface area contributed by atoms with E-state index in [4.69, 9.17) is 16.3 Å². The number of aromatic nitrogens is 1. The fourth-order valence-corrected chi connectivity index (χ4v) is 5.68. The maximum absolute atomic E-state index is 13.9. The number of esters is 1. The Morgan fingerprint density at radius 1 is 0.969 bits per heavy atom. The summed E-state index contributed by atoms with van der Waals surface area (Å²) < 4.78 is 7.60. The summed E-state index contributed by atoms with van der Waals surface area (Å²) >= 11 is 6.16. The van der Waals surface area contributed by atoms with Crippen LogP contribution >= 0.6 is 11.6 Å². The van der Waals surface area contributed by atoms with Crippen molar-refractivity contribution in [1.82, 2.24) is 4.57 Å². The van der Waals surface area contributed by atoms with Crippen LogP contribution in [0, 0.1) is 0 Å². The Morgan fingerprint density at radius 2 is 1.62 bits per heavy atom. The number of ether oxygens (including phenoxy) is 1. The third-order valence-electron chi connectivity index (χ3n) is 6.97. The van der Waals surface area contributed by atoms with E-state index in [1.165, 1.54) is 7.11 Å². The number of nitrogens with zero attached hydrogens (tertiary/aromatic N) is 1. The number of hydrogen-bond donors (Lipinski definition) is 1. The summed E-state index contributed by atoms with van der Waals surface area (Å²) in [6, 6.07) is 24.6. The minimum Gasteiger partial charge on any atom is -0.468 e. The van der Waals surface area contributed by atoms with Crippen LogP contribution in [0.3, 0.4) is 0 Å². The summed E-state index contributed by atoms with van der Waals surface area (Å²) in [5.74, 6) is -0.488. The van der Waals surface area contributed by atoms with Gasteiger partial charge in [-0.3, -0.25) is 4.79 Å². The molecule has 1 heterocycles. The van der Waals surface area contributed by atoms with E-state index in [1.54, 1.807) is 24.3 Å². The molecule has 0 fully saturated rings. The zero-order valence-corrected chi connectivity index (χ0v) is 18.8. The molecule has 0 aliphatic heterocycles. The van der Waals surface area contributed by atoms with Crippen molar-refractivity contribution in [2.45, 2.75) is 23.9 Å². The number of benzene rings is 3. The van der Waals surface area contributed by atoms with E-state index in [1.807, 2.05) is 61.6 Å². The molecule has 3 aromatic carbocycles. The predicted molar refractivity (Wildman–Crippen MR) is 126 cm³/mol. The minimum atomic E-state index is -1.54. The lowest BCUT2D eigenvalue weighted by atomic mass is 9.55. The van der Waals surface area contributed by atoms with E-state index in [0.29, 0.717) is 29.0 Å². The first-order chi connectivity index (χ1) is 15.4. The summed E-state index contributed by atoms with van der Waals surface area (Å²) in [7, 11) is 3.40. The number of carbonyl (C=O) groups excluding carboxylic acids is 1. The number of para-hydroxylation sites is 1. The average Bonchev–Trinajstić information content (AvgIpc) is 3.12. The Bertz CT molecular complexity index is 1310. The van der Waals surface area contributed by atoms with E-state index >= 15 is 0 Å². The van der Waals surface area contributed by atoms with Crippen molar-refractivity contribution in [3.05, 3.63) is 106 Å². The topological polar surface area (TPSA) is 51.5 Å². The molecule has 0 bridgehead atoms. The molecule has 1 aromatic heterocycles. The molecule has 0 spiro atoms. The van der Waals surface area contributed by atoms with Crippen molar-refractivity contribution in [2.75, 3.05) is 7.11 Å². The van der Waals surface area contributed by atoms with Gasteiger partial charge in [0.05, 0.1) is 7.11 Å². The highest BCUT2D eigenvalue weighted by Crippen LogP contribution is 2.57. The molecule has 0 saturated carbocycles. The van der Waals surface area contributed by atoms with Crippen LogP contribution in [0.1, 0.15) is 28.8 Å². The van der Waals surface area contributed by atoms with E-state index in [2.05, 4.69) is 4.57 Å². The second kappa shape index (κ2) is 7.51. The van der Waals surface area contributed by atoms with E-state index in [-0.39, 0.29) is 0 Å². The van der Waals surface area contributed by atoms with E-state index in [9.17, 15) is 9.90 Å². The minimum absolute atomic E-state index is 0.357. The summed E-state index contributed by atoms with van der Waals surface area (Å²) in [5.41, 5.74) is 1.18. The van der Waals surface area contributed by atoms with Gasteiger partial charge in [-0.05, 0) is 42.2 Å². The van der Waals surface area contributed by atoms with E-state index < -0.39 is 17.0 Å². The molecule has 162 valence electrons. The van der Waals surface area contributed by atoms with Crippen molar-refractivity contribution in [1.29, 1.82) is 0 Å². The first-order valence-electron chi connectivity index (χ1n) is 10.6. The van der Waals surface area contributed by atoms with E-state index in [0.717, 1.165) is 22.2 Å². The number of carbonyl (C=O) groups is 1. The maximum atomic E-state index is 13.9. The van der Waals surface area contributed by atoms with Gasteiger partial charge in [-0.25, -0.2) is 0 Å². The quantitative estimate of drug-likeness (QED) is 0.445. The molecule has 4 aromatic rings. The standard InChI is InChI=1S/C27H24ClNO3/c1-29-22-11-7-6-10-21(22)24-23(29)16-17-26(31,18-12-14-20(28)15-13-18)27(24,25(30)32-2)19-8-4-3-5-9-19/h3-15,31H,16-17H2,1-2H3. The molecule has 5 heteroatoms. The fourth-order valence-electron chi connectivity index (χ4n) is 5.55. The van der Waals surface area contributed by atoms with Gasteiger partial charge in [-0.2, -0.15) is 0 Å². The molecule has 0 saturated heterocycles. The Kier molecular flexibility index (Phi) is 4.88. The second-order valence-electron chi connectivity index (χ2n) is 8.37. The number of rotatable bonds is 3. The Hall–Kier alpha value is -3.08. The number of hydrogen-bond acceptors (Lipinski definition) is 3.